The van der Waals surface area contributed by atoms with E-state index in [1.807, 2.05) is 4.90 Å². The van der Waals surface area contributed by atoms with Crippen LogP contribution < -0.4 is 21.5 Å². The van der Waals surface area contributed by atoms with Crippen molar-refractivity contribution in [1.29, 1.82) is 0 Å². The van der Waals surface area contributed by atoms with Crippen molar-refractivity contribution in [3.63, 3.8) is 0 Å². The molecule has 154 valence electrons. The maximum Gasteiger partial charge on any atom is 0.332 e. The van der Waals surface area contributed by atoms with Crippen molar-refractivity contribution in [1.82, 2.24) is 14.0 Å². The van der Waals surface area contributed by atoms with E-state index < -0.39 is 0 Å². The molecule has 0 radical (unpaired) electrons. The van der Waals surface area contributed by atoms with Crippen LogP contribution in [0, 0.1) is 0 Å². The molecule has 0 aliphatic carbocycles. The summed E-state index contributed by atoms with van der Waals surface area (Å²) in [6.45, 7) is 3.60. The van der Waals surface area contributed by atoms with E-state index in [-0.39, 0.29) is 23.1 Å². The average Bonchev–Trinajstić information content (AvgIpc) is 2.94. The van der Waals surface area contributed by atoms with Gasteiger partial charge >= 0.3 is 5.69 Å². The van der Waals surface area contributed by atoms with Crippen LogP contribution in [0.15, 0.2) is 39.9 Å². The monoisotopic (exact) mass is 399 g/mol. The predicted octanol–water partition coefficient (Wildman–Crippen LogP) is 0.395. The minimum atomic E-state index is -0.375. The molecule has 1 aromatic heterocycles. The van der Waals surface area contributed by atoms with Crippen LogP contribution in [0.5, 0.6) is 0 Å². The summed E-state index contributed by atoms with van der Waals surface area (Å²) in [5.74, 6) is 0.247. The Hall–Kier alpha value is -3.36. The second-order valence-corrected chi connectivity index (χ2v) is 7.14. The summed E-state index contributed by atoms with van der Waals surface area (Å²) in [5.41, 5.74) is 0.357. The summed E-state index contributed by atoms with van der Waals surface area (Å²) in [7, 11) is 3.09. The van der Waals surface area contributed by atoms with Gasteiger partial charge in [-0.2, -0.15) is 0 Å². The Bertz CT molecular complexity index is 1060. The van der Waals surface area contributed by atoms with Crippen LogP contribution in [-0.4, -0.2) is 52.0 Å². The van der Waals surface area contributed by atoms with Crippen molar-refractivity contribution in [3.8, 4) is 0 Å². The molecule has 0 spiro atoms. The fourth-order valence-corrected chi connectivity index (χ4v) is 3.49. The molecule has 1 aliphatic heterocycles. The van der Waals surface area contributed by atoms with E-state index in [9.17, 15) is 19.2 Å². The lowest BCUT2D eigenvalue weighted by atomic mass is 10.1. The quantitative estimate of drug-likeness (QED) is 0.806. The molecule has 0 bridgehead atoms. The Morgan fingerprint density at radius 3 is 2.45 bits per heavy atom. The highest BCUT2D eigenvalue weighted by Crippen LogP contribution is 2.16. The summed E-state index contributed by atoms with van der Waals surface area (Å²) in [6, 6.07) is 8.31. The lowest BCUT2D eigenvalue weighted by Crippen LogP contribution is -2.41. The lowest BCUT2D eigenvalue weighted by molar-refractivity contribution is -0.114. The molecule has 0 saturated carbocycles. The first kappa shape index (κ1) is 20.4. The molecule has 1 N–H and O–H groups in total. The van der Waals surface area contributed by atoms with Crippen molar-refractivity contribution < 1.29 is 9.59 Å². The number of aromatic nitrogens is 2. The van der Waals surface area contributed by atoms with Crippen molar-refractivity contribution in [3.05, 3.63) is 56.7 Å². The molecule has 0 atom stereocenters. The van der Waals surface area contributed by atoms with Crippen molar-refractivity contribution >= 4 is 23.3 Å². The molecule has 1 aromatic carbocycles. The topological polar surface area (TPSA) is 96.7 Å². The van der Waals surface area contributed by atoms with E-state index in [0.29, 0.717) is 49.7 Å². The highest BCUT2D eigenvalue weighted by Gasteiger charge is 2.22. The second-order valence-electron chi connectivity index (χ2n) is 7.14. The SMILES string of the molecule is CC(=O)Nc1cccc(C(=O)N2CCCN(c3cc(=O)n(C)c(=O)n3C)CC2)c1. The summed E-state index contributed by atoms with van der Waals surface area (Å²) in [6.07, 6.45) is 0.709. The zero-order valence-electron chi connectivity index (χ0n) is 16.8. The van der Waals surface area contributed by atoms with Gasteiger partial charge in [0.2, 0.25) is 5.91 Å². The molecular formula is C20H25N5O4. The Morgan fingerprint density at radius 2 is 1.72 bits per heavy atom. The molecule has 1 aliphatic rings. The molecule has 9 nitrogen and oxygen atoms in total. The third-order valence-corrected chi connectivity index (χ3v) is 5.04. The first-order valence-electron chi connectivity index (χ1n) is 9.47. The number of carbonyl (C=O) groups is 2. The van der Waals surface area contributed by atoms with E-state index >= 15 is 0 Å². The third kappa shape index (κ3) is 4.39. The molecule has 2 heterocycles. The number of hydrogen-bond acceptors (Lipinski definition) is 5. The van der Waals surface area contributed by atoms with Crippen LogP contribution in [0.1, 0.15) is 23.7 Å². The van der Waals surface area contributed by atoms with Gasteiger partial charge in [-0.05, 0) is 24.6 Å². The van der Waals surface area contributed by atoms with Gasteiger partial charge in [-0.3, -0.25) is 23.5 Å². The summed E-state index contributed by atoms with van der Waals surface area (Å²) in [4.78, 5) is 52.2. The maximum absolute atomic E-state index is 12.9. The molecule has 3 rings (SSSR count). The van der Waals surface area contributed by atoms with Gasteiger partial charge in [0.05, 0.1) is 0 Å². The number of nitrogens with zero attached hydrogens (tertiary/aromatic N) is 4. The normalized spacial score (nSPS) is 14.4. The van der Waals surface area contributed by atoms with E-state index in [1.165, 1.54) is 24.6 Å². The smallest absolute Gasteiger partial charge is 0.332 e. The zero-order chi connectivity index (χ0) is 21.1. The number of rotatable bonds is 3. The summed E-state index contributed by atoms with van der Waals surface area (Å²) in [5, 5.41) is 2.68. The minimum absolute atomic E-state index is 0.114. The van der Waals surface area contributed by atoms with Gasteiger partial charge in [-0.25, -0.2) is 4.79 Å². The number of nitrogens with one attached hydrogen (secondary N) is 1. The van der Waals surface area contributed by atoms with E-state index in [4.69, 9.17) is 0 Å². The first-order chi connectivity index (χ1) is 13.8. The summed E-state index contributed by atoms with van der Waals surface area (Å²) >= 11 is 0. The zero-order valence-corrected chi connectivity index (χ0v) is 16.8. The molecule has 2 aromatic rings. The Morgan fingerprint density at radius 1 is 0.966 bits per heavy atom. The van der Waals surface area contributed by atoms with Crippen LogP contribution in [0.25, 0.3) is 0 Å². The number of hydrogen-bond donors (Lipinski definition) is 1. The van der Waals surface area contributed by atoms with Crippen molar-refractivity contribution in [2.75, 3.05) is 36.4 Å². The van der Waals surface area contributed by atoms with Gasteiger partial charge in [-0.15, -0.1) is 0 Å². The number of carbonyl (C=O) groups excluding carboxylic acids is 2. The number of anilines is 2. The largest absolute Gasteiger partial charge is 0.356 e. The Balaban J connectivity index is 1.77. The van der Waals surface area contributed by atoms with Gasteiger partial charge in [-0.1, -0.05) is 6.07 Å². The van der Waals surface area contributed by atoms with Gasteiger partial charge < -0.3 is 15.1 Å². The lowest BCUT2D eigenvalue weighted by Gasteiger charge is -2.25. The molecule has 0 unspecified atom stereocenters. The summed E-state index contributed by atoms with van der Waals surface area (Å²) < 4.78 is 2.52. The van der Waals surface area contributed by atoms with Crippen LogP contribution in [-0.2, 0) is 18.9 Å². The van der Waals surface area contributed by atoms with E-state index in [2.05, 4.69) is 5.32 Å². The molecule has 29 heavy (non-hydrogen) atoms. The standard InChI is InChI=1S/C20H25N5O4/c1-14(26)21-16-7-4-6-15(12-16)19(28)25-9-5-8-24(10-11-25)17-13-18(27)23(3)20(29)22(17)2/h4,6-7,12-13H,5,8-11H2,1-3H3,(H,21,26). The number of benzene rings is 1. The third-order valence-electron chi connectivity index (χ3n) is 5.04. The fraction of sp³-hybridized carbons (Fsp3) is 0.400. The Kier molecular flexibility index (Phi) is 5.86. The van der Waals surface area contributed by atoms with Gasteiger partial charge in [0.15, 0.2) is 0 Å². The van der Waals surface area contributed by atoms with Crippen LogP contribution >= 0.6 is 0 Å². The van der Waals surface area contributed by atoms with Gasteiger partial charge in [0.1, 0.15) is 5.82 Å². The van der Waals surface area contributed by atoms with Gasteiger partial charge in [0, 0.05) is 64.5 Å². The van der Waals surface area contributed by atoms with E-state index in [1.54, 1.807) is 36.2 Å². The van der Waals surface area contributed by atoms with E-state index in [0.717, 1.165) is 4.57 Å². The molecular weight excluding hydrogens is 374 g/mol. The minimum Gasteiger partial charge on any atom is -0.356 e. The highest BCUT2D eigenvalue weighted by atomic mass is 16.2. The highest BCUT2D eigenvalue weighted by molar-refractivity contribution is 5.96. The first-order valence-corrected chi connectivity index (χ1v) is 9.47. The van der Waals surface area contributed by atoms with Crippen molar-refractivity contribution in [2.45, 2.75) is 13.3 Å². The predicted molar refractivity (Wildman–Crippen MR) is 110 cm³/mol. The number of amides is 2. The van der Waals surface area contributed by atoms with Gasteiger partial charge in [0.25, 0.3) is 11.5 Å². The second kappa shape index (κ2) is 8.34. The van der Waals surface area contributed by atoms with Crippen LogP contribution in [0.4, 0.5) is 11.5 Å². The Labute approximate surface area is 168 Å². The fourth-order valence-electron chi connectivity index (χ4n) is 3.49. The molecule has 1 fully saturated rings. The van der Waals surface area contributed by atoms with Crippen molar-refractivity contribution in [2.24, 2.45) is 14.1 Å². The van der Waals surface area contributed by atoms with Crippen LogP contribution in [0.3, 0.4) is 0 Å². The molecule has 1 saturated heterocycles. The maximum atomic E-state index is 12.9. The average molecular weight is 399 g/mol. The molecule has 9 heteroatoms. The van der Waals surface area contributed by atoms with Crippen LogP contribution in [0.2, 0.25) is 0 Å². The molecule has 2 amide bonds.